The van der Waals surface area contributed by atoms with E-state index in [9.17, 15) is 15.0 Å². The molecule has 2 rings (SSSR count). The van der Waals surface area contributed by atoms with E-state index in [2.05, 4.69) is 5.32 Å². The maximum absolute atomic E-state index is 12.0. The Bertz CT molecular complexity index is 648. The van der Waals surface area contributed by atoms with Gasteiger partial charge in [-0.15, -0.1) is 0 Å². The van der Waals surface area contributed by atoms with Gasteiger partial charge in [0.15, 0.2) is 0 Å². The number of nitrogens with one attached hydrogen (secondary N) is 1. The van der Waals surface area contributed by atoms with E-state index in [-0.39, 0.29) is 22.1 Å². The molecule has 0 spiro atoms. The van der Waals surface area contributed by atoms with Gasteiger partial charge in [0.05, 0.1) is 0 Å². The number of phenols is 2. The molecule has 0 aromatic heterocycles. The second-order valence-electron chi connectivity index (χ2n) is 4.13. The van der Waals surface area contributed by atoms with Crippen LogP contribution in [0.15, 0.2) is 42.5 Å². The molecule has 2 aromatic rings. The van der Waals surface area contributed by atoms with Crippen LogP contribution in [0.25, 0.3) is 0 Å². The van der Waals surface area contributed by atoms with Gasteiger partial charge in [0.2, 0.25) is 0 Å². The average Bonchev–Trinajstić information content (AvgIpc) is 2.38. The molecule has 5 N–H and O–H groups in total. The molecule has 0 saturated heterocycles. The SMILES string of the molecule is NC(=S)c1ccc(NC(=O)c2cc(O)cc(O)c2)cc1. The van der Waals surface area contributed by atoms with Gasteiger partial charge in [-0.05, 0) is 36.4 Å². The molecular weight excluding hydrogens is 276 g/mol. The zero-order valence-electron chi connectivity index (χ0n) is 10.3. The van der Waals surface area contributed by atoms with Crippen LogP contribution in [-0.4, -0.2) is 21.1 Å². The Hall–Kier alpha value is -2.60. The predicted molar refractivity (Wildman–Crippen MR) is 80.1 cm³/mol. The summed E-state index contributed by atoms with van der Waals surface area (Å²) in [7, 11) is 0. The first-order valence-electron chi connectivity index (χ1n) is 5.70. The molecule has 0 fully saturated rings. The summed E-state index contributed by atoms with van der Waals surface area (Å²) in [5, 5.41) is 21.3. The van der Waals surface area contributed by atoms with Crippen LogP contribution in [0.3, 0.4) is 0 Å². The summed E-state index contributed by atoms with van der Waals surface area (Å²) in [5.74, 6) is -0.808. The summed E-state index contributed by atoms with van der Waals surface area (Å²) in [6.07, 6.45) is 0. The maximum Gasteiger partial charge on any atom is 0.255 e. The lowest BCUT2D eigenvalue weighted by Gasteiger charge is -2.07. The zero-order valence-corrected chi connectivity index (χ0v) is 11.1. The van der Waals surface area contributed by atoms with Gasteiger partial charge < -0.3 is 21.3 Å². The van der Waals surface area contributed by atoms with E-state index in [4.69, 9.17) is 18.0 Å². The van der Waals surface area contributed by atoms with Gasteiger partial charge >= 0.3 is 0 Å². The number of rotatable bonds is 3. The maximum atomic E-state index is 12.0. The predicted octanol–water partition coefficient (Wildman–Crippen LogP) is 1.98. The highest BCUT2D eigenvalue weighted by atomic mass is 32.1. The van der Waals surface area contributed by atoms with Gasteiger partial charge in [-0.1, -0.05) is 12.2 Å². The lowest BCUT2D eigenvalue weighted by Crippen LogP contribution is -2.12. The third kappa shape index (κ3) is 3.24. The normalized spacial score (nSPS) is 10.0. The highest BCUT2D eigenvalue weighted by Crippen LogP contribution is 2.21. The summed E-state index contributed by atoms with van der Waals surface area (Å²) in [6, 6.07) is 10.4. The van der Waals surface area contributed by atoms with E-state index >= 15 is 0 Å². The fourth-order valence-corrected chi connectivity index (χ4v) is 1.78. The largest absolute Gasteiger partial charge is 0.508 e. The molecule has 0 radical (unpaired) electrons. The lowest BCUT2D eigenvalue weighted by molar-refractivity contribution is 0.102. The molecule has 0 heterocycles. The third-order valence-electron chi connectivity index (χ3n) is 2.59. The van der Waals surface area contributed by atoms with Crippen LogP contribution in [-0.2, 0) is 0 Å². The van der Waals surface area contributed by atoms with Crippen molar-refractivity contribution in [2.75, 3.05) is 5.32 Å². The molecule has 0 saturated carbocycles. The number of aromatic hydroxyl groups is 2. The standard InChI is InChI=1S/C14H12N2O3S/c15-13(20)8-1-3-10(4-2-8)16-14(19)9-5-11(17)7-12(18)6-9/h1-7,17-18H,(H2,15,20)(H,16,19). The van der Waals surface area contributed by atoms with E-state index in [0.29, 0.717) is 11.3 Å². The summed E-state index contributed by atoms with van der Waals surface area (Å²) >= 11 is 4.83. The Labute approximate surface area is 120 Å². The number of phenolic OH excluding ortho intramolecular Hbond substituents is 2. The number of nitrogens with two attached hydrogens (primary N) is 1. The van der Waals surface area contributed by atoms with Gasteiger partial charge in [0.25, 0.3) is 5.91 Å². The fraction of sp³-hybridized carbons (Fsp3) is 0. The van der Waals surface area contributed by atoms with Crippen LogP contribution in [0.2, 0.25) is 0 Å². The van der Waals surface area contributed by atoms with E-state index in [1.165, 1.54) is 12.1 Å². The second-order valence-corrected chi connectivity index (χ2v) is 4.57. The van der Waals surface area contributed by atoms with Crippen molar-refractivity contribution in [2.45, 2.75) is 0 Å². The van der Waals surface area contributed by atoms with Crippen LogP contribution < -0.4 is 11.1 Å². The van der Waals surface area contributed by atoms with E-state index in [1.54, 1.807) is 24.3 Å². The molecule has 0 unspecified atom stereocenters. The summed E-state index contributed by atoms with van der Waals surface area (Å²) < 4.78 is 0. The molecule has 0 bridgehead atoms. The number of anilines is 1. The van der Waals surface area contributed by atoms with E-state index in [0.717, 1.165) is 6.07 Å². The Morgan fingerprint density at radius 1 is 1.00 bits per heavy atom. The van der Waals surface area contributed by atoms with Crippen molar-refractivity contribution in [1.29, 1.82) is 0 Å². The van der Waals surface area contributed by atoms with Crippen molar-refractivity contribution in [3.05, 3.63) is 53.6 Å². The van der Waals surface area contributed by atoms with Crippen LogP contribution in [0.4, 0.5) is 5.69 Å². The van der Waals surface area contributed by atoms with Crippen molar-refractivity contribution in [2.24, 2.45) is 5.73 Å². The molecule has 1 amide bonds. The second kappa shape index (κ2) is 5.58. The van der Waals surface area contributed by atoms with Crippen molar-refractivity contribution in [3.63, 3.8) is 0 Å². The fourth-order valence-electron chi connectivity index (χ4n) is 1.65. The number of hydrogen-bond donors (Lipinski definition) is 4. The number of thiocarbonyl (C=S) groups is 1. The Morgan fingerprint density at radius 3 is 2.05 bits per heavy atom. The first kappa shape index (κ1) is 13.8. The number of carbonyl (C=O) groups is 1. The first-order valence-corrected chi connectivity index (χ1v) is 6.11. The molecule has 0 aliphatic heterocycles. The minimum absolute atomic E-state index is 0.154. The highest BCUT2D eigenvalue weighted by Gasteiger charge is 2.09. The number of carbonyl (C=O) groups excluding carboxylic acids is 1. The Kier molecular flexibility index (Phi) is 3.86. The molecule has 6 heteroatoms. The van der Waals surface area contributed by atoms with E-state index < -0.39 is 5.91 Å². The molecule has 2 aromatic carbocycles. The van der Waals surface area contributed by atoms with Gasteiger partial charge in [-0.25, -0.2) is 0 Å². The van der Waals surface area contributed by atoms with Crippen molar-refractivity contribution >= 4 is 28.8 Å². The smallest absolute Gasteiger partial charge is 0.255 e. The van der Waals surface area contributed by atoms with Crippen LogP contribution in [0, 0.1) is 0 Å². The molecule has 0 aliphatic carbocycles. The minimum Gasteiger partial charge on any atom is -0.508 e. The quantitative estimate of drug-likeness (QED) is 0.648. The molecule has 5 nitrogen and oxygen atoms in total. The van der Waals surface area contributed by atoms with Crippen molar-refractivity contribution < 1.29 is 15.0 Å². The van der Waals surface area contributed by atoms with Crippen molar-refractivity contribution in [1.82, 2.24) is 0 Å². The molecule has 20 heavy (non-hydrogen) atoms. The molecular formula is C14H12N2O3S. The lowest BCUT2D eigenvalue weighted by atomic mass is 10.1. The van der Waals surface area contributed by atoms with E-state index in [1.807, 2.05) is 0 Å². The topological polar surface area (TPSA) is 95.6 Å². The van der Waals surface area contributed by atoms with Gasteiger partial charge in [-0.3, -0.25) is 4.79 Å². The monoisotopic (exact) mass is 288 g/mol. The first-order chi connectivity index (χ1) is 9.45. The number of benzene rings is 2. The van der Waals surface area contributed by atoms with Gasteiger partial charge in [0, 0.05) is 22.9 Å². The number of amides is 1. The Morgan fingerprint density at radius 2 is 1.55 bits per heavy atom. The summed E-state index contributed by atoms with van der Waals surface area (Å²) in [5.41, 5.74) is 6.89. The Balaban J connectivity index is 2.16. The minimum atomic E-state index is -0.445. The summed E-state index contributed by atoms with van der Waals surface area (Å²) in [4.78, 5) is 12.2. The third-order valence-corrected chi connectivity index (χ3v) is 2.83. The number of hydrogen-bond acceptors (Lipinski definition) is 4. The summed E-state index contributed by atoms with van der Waals surface area (Å²) in [6.45, 7) is 0. The highest BCUT2D eigenvalue weighted by molar-refractivity contribution is 7.80. The average molecular weight is 288 g/mol. The van der Waals surface area contributed by atoms with Gasteiger partial charge in [-0.2, -0.15) is 0 Å². The zero-order chi connectivity index (χ0) is 14.7. The molecule has 0 atom stereocenters. The van der Waals surface area contributed by atoms with Gasteiger partial charge in [0.1, 0.15) is 16.5 Å². The van der Waals surface area contributed by atoms with Crippen LogP contribution in [0.5, 0.6) is 11.5 Å². The molecule has 102 valence electrons. The molecule has 0 aliphatic rings. The van der Waals surface area contributed by atoms with Crippen LogP contribution >= 0.6 is 12.2 Å². The van der Waals surface area contributed by atoms with Crippen LogP contribution in [0.1, 0.15) is 15.9 Å². The van der Waals surface area contributed by atoms with Crippen molar-refractivity contribution in [3.8, 4) is 11.5 Å².